The van der Waals surface area contributed by atoms with Crippen LogP contribution in [0.4, 0.5) is 0 Å². The van der Waals surface area contributed by atoms with Crippen LogP contribution < -0.4 is 5.73 Å². The summed E-state index contributed by atoms with van der Waals surface area (Å²) in [4.78, 5) is 0. The molecule has 0 radical (unpaired) electrons. The van der Waals surface area contributed by atoms with E-state index in [9.17, 15) is 0 Å². The third-order valence-corrected chi connectivity index (χ3v) is 0.0913. The van der Waals surface area contributed by atoms with Crippen molar-refractivity contribution in [2.24, 2.45) is 5.73 Å². The highest BCUT2D eigenvalue weighted by atomic mass is 35.5. The normalized spacial score (nSPS) is 14.8. The van der Waals surface area contributed by atoms with Crippen molar-refractivity contribution in [3.8, 4) is 0 Å². The Morgan fingerprint density at radius 2 is 2.20 bits per heavy atom. The molecule has 5 heavy (non-hydrogen) atoms. The summed E-state index contributed by atoms with van der Waals surface area (Å²) < 4.78 is 12.8. The second kappa shape index (κ2) is 8.88. The third-order valence-electron chi connectivity index (χ3n) is 0.0913. The third kappa shape index (κ3) is 14.0. The number of aliphatic hydroxyl groups is 1. The maximum atomic E-state index is 7.90. The average molecular weight is 102 g/mol. The van der Waals surface area contributed by atoms with Gasteiger partial charge < -0.3 is 10.8 Å². The summed E-state index contributed by atoms with van der Waals surface area (Å²) in [6.45, 7) is -2.52. The van der Waals surface area contributed by atoms with Crippen LogP contribution in [0.2, 0.25) is 0 Å². The van der Waals surface area contributed by atoms with E-state index in [-0.39, 0.29) is 12.4 Å². The first-order valence-corrected chi connectivity index (χ1v) is 0.958. The van der Waals surface area contributed by atoms with Crippen molar-refractivity contribution in [1.82, 2.24) is 0 Å². The molecule has 0 saturated heterocycles. The standard InChI is InChI=1S/C2H7NO.ClH/c3-1-2-4;/h4H,1-3H2;1H/i1T2;. The van der Waals surface area contributed by atoms with Crippen LogP contribution >= 0.6 is 12.4 Å². The van der Waals surface area contributed by atoms with Gasteiger partial charge in [-0.05, 0) is 0 Å². The number of halogens is 1. The molecule has 0 fully saturated rings. The zero-order chi connectivity index (χ0) is 5.21. The first kappa shape index (κ1) is 3.40. The molecule has 0 rings (SSSR count). The quantitative estimate of drug-likeness (QED) is 0.462. The van der Waals surface area contributed by atoms with Gasteiger partial charge in [0.05, 0.1) is 6.61 Å². The van der Waals surface area contributed by atoms with Crippen molar-refractivity contribution in [3.63, 3.8) is 0 Å². The molecule has 0 aromatic heterocycles. The lowest BCUT2D eigenvalue weighted by atomic mass is 10.8. The van der Waals surface area contributed by atoms with E-state index in [1.54, 1.807) is 0 Å². The van der Waals surface area contributed by atoms with E-state index in [1.807, 2.05) is 0 Å². The molecule has 2 nitrogen and oxygen atoms in total. The first-order chi connectivity index (χ1) is 2.56. The molecule has 0 aliphatic rings. The molecule has 0 atom stereocenters. The van der Waals surface area contributed by atoms with E-state index >= 15 is 0 Å². The van der Waals surface area contributed by atoms with Crippen LogP contribution in [0.1, 0.15) is 2.74 Å². The predicted octanol–water partition coefficient (Wildman–Crippen LogP) is -0.641. The molecule has 0 unspecified atom stereocenters. The number of rotatable bonds is 1. The second-order valence-electron chi connectivity index (χ2n) is 0.362. The molecule has 0 saturated carbocycles. The Balaban J connectivity index is 0. The number of hydrogen-bond acceptors (Lipinski definition) is 2. The Bertz CT molecular complexity index is 45.4. The predicted molar refractivity (Wildman–Crippen MR) is 23.4 cm³/mol. The molecule has 0 aliphatic heterocycles. The van der Waals surface area contributed by atoms with Crippen LogP contribution in [0.25, 0.3) is 0 Å². The van der Waals surface area contributed by atoms with Crippen molar-refractivity contribution in [2.75, 3.05) is 13.1 Å². The van der Waals surface area contributed by atoms with Gasteiger partial charge in [0.25, 0.3) is 0 Å². The van der Waals surface area contributed by atoms with Crippen molar-refractivity contribution in [3.05, 3.63) is 0 Å². The summed E-state index contributed by atoms with van der Waals surface area (Å²) in [7, 11) is 0. The minimum atomic E-state index is -1.90. The minimum absolute atomic E-state index is 0. The zero-order valence-electron chi connectivity index (χ0n) is 4.64. The fourth-order valence-corrected chi connectivity index (χ4v) is 0. The van der Waals surface area contributed by atoms with Crippen molar-refractivity contribution < 1.29 is 7.85 Å². The maximum absolute atomic E-state index is 7.90. The van der Waals surface area contributed by atoms with Gasteiger partial charge in [-0.1, -0.05) is 0 Å². The molecule has 0 aromatic carbocycles. The Morgan fingerprint density at radius 1 is 2.00 bits per heavy atom. The number of nitrogens with two attached hydrogens (primary N) is 1. The molecule has 34 valence electrons. The lowest BCUT2D eigenvalue weighted by Gasteiger charge is -1.71. The molecule has 3 heteroatoms. The maximum Gasteiger partial charge on any atom is 0.0553 e. The second-order valence-corrected chi connectivity index (χ2v) is 0.362. The highest BCUT2D eigenvalue weighted by molar-refractivity contribution is 5.85. The van der Waals surface area contributed by atoms with Crippen LogP contribution in [0, 0.1) is 0 Å². The topological polar surface area (TPSA) is 46.2 Å². The summed E-state index contributed by atoms with van der Waals surface area (Å²) in [5.74, 6) is 0. The summed E-state index contributed by atoms with van der Waals surface area (Å²) in [6.07, 6.45) is 0. The van der Waals surface area contributed by atoms with E-state index in [2.05, 4.69) is 5.73 Å². The van der Waals surface area contributed by atoms with Crippen LogP contribution in [0.3, 0.4) is 0 Å². The molecule has 0 spiro atoms. The molecule has 3 N–H and O–H groups in total. The van der Waals surface area contributed by atoms with E-state index < -0.39 is 13.1 Å². The van der Waals surface area contributed by atoms with Gasteiger partial charge >= 0.3 is 0 Å². The van der Waals surface area contributed by atoms with Gasteiger partial charge in [-0.2, -0.15) is 0 Å². The fraction of sp³-hybridized carbons (Fsp3) is 1.00. The van der Waals surface area contributed by atoms with Crippen LogP contribution in [-0.4, -0.2) is 18.2 Å². The number of aliphatic hydroxyl groups excluding tert-OH is 1. The van der Waals surface area contributed by atoms with E-state index in [1.165, 1.54) is 0 Å². The number of hydrogen-bond donors (Lipinski definition) is 2. The molecule has 0 bridgehead atoms. The van der Waals surface area contributed by atoms with Gasteiger partial charge in [0.1, 0.15) is 0 Å². The smallest absolute Gasteiger partial charge is 0.0553 e. The van der Waals surface area contributed by atoms with Crippen molar-refractivity contribution in [1.29, 1.82) is 0 Å². The van der Waals surface area contributed by atoms with E-state index in [4.69, 9.17) is 7.85 Å². The fourth-order valence-electron chi connectivity index (χ4n) is 0. The monoisotopic (exact) mass is 101 g/mol. The first-order valence-electron chi connectivity index (χ1n) is 1.96. The Hall–Kier alpha value is 0.210. The molecular weight excluding hydrogens is 89.5 g/mol. The van der Waals surface area contributed by atoms with Gasteiger partial charge in [0, 0.05) is 9.24 Å². The van der Waals surface area contributed by atoms with Gasteiger partial charge in [0.2, 0.25) is 0 Å². The van der Waals surface area contributed by atoms with Crippen molar-refractivity contribution >= 4 is 12.4 Å². The van der Waals surface area contributed by atoms with Crippen molar-refractivity contribution in [2.45, 2.75) is 0 Å². The zero-order valence-corrected chi connectivity index (χ0v) is 3.46. The van der Waals surface area contributed by atoms with Crippen LogP contribution in [-0.2, 0) is 0 Å². The van der Waals surface area contributed by atoms with E-state index in [0.29, 0.717) is 0 Å². The molecule has 0 amide bonds. The Labute approximate surface area is 40.2 Å². The molecule has 0 aromatic rings. The average Bonchev–Trinajstić information content (AvgIpc) is 1.35. The van der Waals surface area contributed by atoms with E-state index in [0.717, 1.165) is 0 Å². The van der Waals surface area contributed by atoms with Gasteiger partial charge in [-0.15, -0.1) is 12.4 Å². The molecular formula is C2H8ClNO. The van der Waals surface area contributed by atoms with Gasteiger partial charge in [-0.3, -0.25) is 0 Å². The minimum Gasteiger partial charge on any atom is -0.395 e. The van der Waals surface area contributed by atoms with Gasteiger partial charge in [0.15, 0.2) is 0 Å². The SMILES string of the molecule is Cl.[3H]C([3H])(N)CO. The lowest BCUT2D eigenvalue weighted by Crippen LogP contribution is -2.02. The molecule has 0 heterocycles. The summed E-state index contributed by atoms with van der Waals surface area (Å²) in [5.41, 5.74) is 4.62. The lowest BCUT2D eigenvalue weighted by molar-refractivity contribution is 0.306. The highest BCUT2D eigenvalue weighted by Gasteiger charge is 1.56. The van der Waals surface area contributed by atoms with Gasteiger partial charge in [-0.25, -0.2) is 0 Å². The largest absolute Gasteiger partial charge is 0.395 e. The summed E-state index contributed by atoms with van der Waals surface area (Å²) in [6, 6.07) is 0. The highest BCUT2D eigenvalue weighted by Crippen LogP contribution is 1.33. The summed E-state index contributed by atoms with van der Waals surface area (Å²) >= 11 is 0. The summed E-state index contributed by atoms with van der Waals surface area (Å²) in [5, 5.41) is 7.90. The Kier molecular flexibility index (Phi) is 6.04. The molecule has 0 aliphatic carbocycles. The Morgan fingerprint density at radius 3 is 2.20 bits per heavy atom. The van der Waals surface area contributed by atoms with Crippen LogP contribution in [0.5, 0.6) is 0 Å². The van der Waals surface area contributed by atoms with Crippen LogP contribution in [0.15, 0.2) is 0 Å².